The van der Waals surface area contributed by atoms with Crippen molar-refractivity contribution >= 4 is 17.4 Å². The fourth-order valence-electron chi connectivity index (χ4n) is 1.74. The van der Waals surface area contributed by atoms with Crippen LogP contribution in [0.25, 0.3) is 11.5 Å². The van der Waals surface area contributed by atoms with E-state index in [1.165, 1.54) is 18.3 Å². The fourth-order valence-corrected chi connectivity index (χ4v) is 1.97. The quantitative estimate of drug-likeness (QED) is 0.773. The molecule has 20 heavy (non-hydrogen) atoms. The summed E-state index contributed by atoms with van der Waals surface area (Å²) in [6.07, 6.45) is 1.83. The predicted octanol–water partition coefficient (Wildman–Crippen LogP) is 2.43. The molecule has 0 aliphatic rings. The average molecular weight is 294 g/mol. The molecule has 2 heterocycles. The molecule has 102 valence electrons. The van der Waals surface area contributed by atoms with Crippen LogP contribution in [0.3, 0.4) is 0 Å². The lowest BCUT2D eigenvalue weighted by molar-refractivity contribution is 0.424. The third-order valence-corrected chi connectivity index (χ3v) is 3.08. The van der Waals surface area contributed by atoms with Gasteiger partial charge in [0.15, 0.2) is 5.82 Å². The number of aromatic nitrogens is 4. The van der Waals surface area contributed by atoms with Gasteiger partial charge in [-0.05, 0) is 17.7 Å². The Hall–Kier alpha value is -2.41. The van der Waals surface area contributed by atoms with Gasteiger partial charge in [-0.15, -0.1) is 0 Å². The van der Waals surface area contributed by atoms with Crippen molar-refractivity contribution in [2.75, 3.05) is 5.73 Å². The van der Waals surface area contributed by atoms with Crippen molar-refractivity contribution in [2.45, 2.75) is 6.42 Å². The molecule has 3 N–H and O–H groups in total. The monoisotopic (exact) mass is 293 g/mol. The van der Waals surface area contributed by atoms with Gasteiger partial charge in [-0.25, -0.2) is 4.39 Å². The Kier molecular flexibility index (Phi) is 3.11. The summed E-state index contributed by atoms with van der Waals surface area (Å²) >= 11 is 5.95. The Balaban J connectivity index is 1.86. The van der Waals surface area contributed by atoms with E-state index in [2.05, 4.69) is 20.3 Å². The van der Waals surface area contributed by atoms with Gasteiger partial charge in [-0.3, -0.25) is 5.10 Å². The van der Waals surface area contributed by atoms with Crippen LogP contribution in [0.15, 0.2) is 28.9 Å². The first kappa shape index (κ1) is 12.6. The third kappa shape index (κ3) is 2.35. The van der Waals surface area contributed by atoms with E-state index >= 15 is 0 Å². The first-order chi connectivity index (χ1) is 9.63. The maximum absolute atomic E-state index is 13.0. The third-order valence-electron chi connectivity index (χ3n) is 2.73. The van der Waals surface area contributed by atoms with Crippen LogP contribution in [0.5, 0.6) is 0 Å². The Morgan fingerprint density at radius 3 is 2.95 bits per heavy atom. The molecular weight excluding hydrogens is 285 g/mol. The zero-order chi connectivity index (χ0) is 14.1. The number of nitrogen functional groups attached to an aromatic ring is 1. The van der Waals surface area contributed by atoms with Crippen LogP contribution >= 0.6 is 11.6 Å². The van der Waals surface area contributed by atoms with E-state index in [1.807, 2.05) is 0 Å². The van der Waals surface area contributed by atoms with Gasteiger partial charge in [0.05, 0.1) is 6.20 Å². The van der Waals surface area contributed by atoms with Crippen LogP contribution < -0.4 is 5.73 Å². The van der Waals surface area contributed by atoms with Crippen LogP contribution in [0.1, 0.15) is 11.4 Å². The summed E-state index contributed by atoms with van der Waals surface area (Å²) < 4.78 is 18.1. The van der Waals surface area contributed by atoms with Gasteiger partial charge < -0.3 is 10.3 Å². The number of hydrogen-bond donors (Lipinski definition) is 2. The molecule has 0 aliphatic carbocycles. The smallest absolute Gasteiger partial charge is 0.263 e. The van der Waals surface area contributed by atoms with Gasteiger partial charge in [-0.1, -0.05) is 22.8 Å². The summed E-state index contributed by atoms with van der Waals surface area (Å²) in [6.45, 7) is 0. The second-order valence-corrected chi connectivity index (χ2v) is 4.53. The van der Waals surface area contributed by atoms with Gasteiger partial charge in [0, 0.05) is 11.4 Å². The highest BCUT2D eigenvalue weighted by Crippen LogP contribution is 2.23. The number of nitrogens with zero attached hydrogens (tertiary/aromatic N) is 3. The molecule has 3 rings (SSSR count). The molecule has 0 saturated carbocycles. The number of rotatable bonds is 3. The van der Waals surface area contributed by atoms with Crippen molar-refractivity contribution in [3.8, 4) is 11.5 Å². The molecule has 6 nitrogen and oxygen atoms in total. The molecule has 0 amide bonds. The maximum atomic E-state index is 13.0. The Labute approximate surface area is 117 Å². The van der Waals surface area contributed by atoms with E-state index < -0.39 is 5.82 Å². The lowest BCUT2D eigenvalue weighted by Crippen LogP contribution is -1.93. The highest BCUT2D eigenvalue weighted by molar-refractivity contribution is 6.31. The molecule has 2 aromatic heterocycles. The van der Waals surface area contributed by atoms with Crippen molar-refractivity contribution in [3.05, 3.63) is 46.6 Å². The predicted molar refractivity (Wildman–Crippen MR) is 70.5 cm³/mol. The Bertz CT molecular complexity index is 754. The van der Waals surface area contributed by atoms with E-state index in [9.17, 15) is 4.39 Å². The van der Waals surface area contributed by atoms with E-state index in [0.29, 0.717) is 34.2 Å². The van der Waals surface area contributed by atoms with Crippen LogP contribution in [0, 0.1) is 5.82 Å². The summed E-state index contributed by atoms with van der Waals surface area (Å²) in [5.74, 6) is 0.650. The minimum Gasteiger partial charge on any atom is -0.383 e. The lowest BCUT2D eigenvalue weighted by atomic mass is 10.1. The number of nitrogens with two attached hydrogens (primary N) is 1. The summed E-state index contributed by atoms with van der Waals surface area (Å²) in [5, 5.41) is 10.5. The van der Waals surface area contributed by atoms with Crippen molar-refractivity contribution < 1.29 is 8.91 Å². The largest absolute Gasteiger partial charge is 0.383 e. The minimum absolute atomic E-state index is 0.268. The Morgan fingerprint density at radius 2 is 2.25 bits per heavy atom. The number of benzene rings is 1. The minimum atomic E-state index is -0.390. The first-order valence-corrected chi connectivity index (χ1v) is 6.07. The van der Waals surface area contributed by atoms with Crippen molar-refractivity contribution in [2.24, 2.45) is 0 Å². The number of hydrogen-bond acceptors (Lipinski definition) is 5. The molecule has 0 atom stereocenters. The molecule has 3 aromatic rings. The van der Waals surface area contributed by atoms with Crippen LogP contribution in [0.4, 0.5) is 10.2 Å². The molecule has 0 spiro atoms. The molecule has 0 radical (unpaired) electrons. The van der Waals surface area contributed by atoms with Crippen LogP contribution in [-0.4, -0.2) is 20.3 Å². The molecular formula is C12H9ClFN5O. The number of halogens is 2. The number of nitrogens with one attached hydrogen (secondary N) is 1. The second kappa shape index (κ2) is 4.93. The zero-order valence-electron chi connectivity index (χ0n) is 10.1. The van der Waals surface area contributed by atoms with E-state index in [0.717, 1.165) is 0 Å². The first-order valence-electron chi connectivity index (χ1n) is 5.69. The molecule has 8 heteroatoms. The number of H-pyrrole nitrogens is 1. The standard InChI is InChI=1S/C12H9ClFN5O/c13-9-4-7(14)2-1-6(9)3-10-17-12(20-19-10)8-5-16-18-11(8)15/h1-2,4-5H,3H2,(H3,15,16,18). The molecule has 1 aromatic carbocycles. The SMILES string of the molecule is Nc1[nH]ncc1-c1nc(Cc2ccc(F)cc2Cl)no1. The van der Waals surface area contributed by atoms with Gasteiger partial charge >= 0.3 is 0 Å². The topological polar surface area (TPSA) is 93.6 Å². The summed E-state index contributed by atoms with van der Waals surface area (Å²) in [7, 11) is 0. The molecule has 0 fully saturated rings. The van der Waals surface area contributed by atoms with Gasteiger partial charge in [0.25, 0.3) is 5.89 Å². The summed E-state index contributed by atoms with van der Waals surface area (Å²) in [4.78, 5) is 4.20. The van der Waals surface area contributed by atoms with Crippen molar-refractivity contribution in [3.63, 3.8) is 0 Å². The van der Waals surface area contributed by atoms with Crippen molar-refractivity contribution in [1.82, 2.24) is 20.3 Å². The molecule has 0 bridgehead atoms. The molecule has 0 aliphatic heterocycles. The van der Waals surface area contributed by atoms with Crippen LogP contribution in [-0.2, 0) is 6.42 Å². The van der Waals surface area contributed by atoms with Gasteiger partial charge in [-0.2, -0.15) is 10.1 Å². The summed E-state index contributed by atoms with van der Waals surface area (Å²) in [6, 6.07) is 4.15. The van der Waals surface area contributed by atoms with E-state index in [1.54, 1.807) is 6.07 Å². The lowest BCUT2D eigenvalue weighted by Gasteiger charge is -2.00. The average Bonchev–Trinajstić information content (AvgIpc) is 3.01. The zero-order valence-corrected chi connectivity index (χ0v) is 10.9. The van der Waals surface area contributed by atoms with Crippen LogP contribution in [0.2, 0.25) is 5.02 Å². The number of anilines is 1. The molecule has 0 unspecified atom stereocenters. The fraction of sp³-hybridized carbons (Fsp3) is 0.0833. The highest BCUT2D eigenvalue weighted by atomic mass is 35.5. The van der Waals surface area contributed by atoms with E-state index in [4.69, 9.17) is 21.9 Å². The maximum Gasteiger partial charge on any atom is 0.263 e. The normalized spacial score (nSPS) is 10.9. The second-order valence-electron chi connectivity index (χ2n) is 4.13. The summed E-state index contributed by atoms with van der Waals surface area (Å²) in [5.41, 5.74) is 6.91. The van der Waals surface area contributed by atoms with Crippen molar-refractivity contribution in [1.29, 1.82) is 0 Å². The molecule has 0 saturated heterocycles. The van der Waals surface area contributed by atoms with Gasteiger partial charge in [0.1, 0.15) is 17.2 Å². The van der Waals surface area contributed by atoms with Gasteiger partial charge in [0.2, 0.25) is 0 Å². The highest BCUT2D eigenvalue weighted by Gasteiger charge is 2.14. The Morgan fingerprint density at radius 1 is 1.40 bits per heavy atom. The number of aromatic amines is 1. The van der Waals surface area contributed by atoms with E-state index in [-0.39, 0.29) is 5.89 Å².